The molecule has 3 aromatic rings. The molecule has 8 nitrogen and oxygen atoms in total. The molecule has 3 atom stereocenters. The fourth-order valence-corrected chi connectivity index (χ4v) is 6.55. The van der Waals surface area contributed by atoms with E-state index in [2.05, 4.69) is 9.88 Å². The van der Waals surface area contributed by atoms with Gasteiger partial charge < -0.3 is 24.6 Å². The molecule has 4 heterocycles. The molecule has 3 aliphatic heterocycles. The van der Waals surface area contributed by atoms with Gasteiger partial charge in [-0.3, -0.25) is 14.7 Å². The van der Waals surface area contributed by atoms with Crippen molar-refractivity contribution in [1.29, 1.82) is 0 Å². The molecule has 1 amide bonds. The van der Waals surface area contributed by atoms with Crippen LogP contribution in [0.5, 0.6) is 5.75 Å². The van der Waals surface area contributed by atoms with Crippen molar-refractivity contribution in [2.45, 2.75) is 43.7 Å². The zero-order valence-electron chi connectivity index (χ0n) is 23.1. The number of hydrogen-bond acceptors (Lipinski definition) is 7. The Kier molecular flexibility index (Phi) is 8.17. The lowest BCUT2D eigenvalue weighted by atomic mass is 9.85. The van der Waals surface area contributed by atoms with E-state index < -0.39 is 29.7 Å². The van der Waals surface area contributed by atoms with Gasteiger partial charge in [0.25, 0.3) is 5.91 Å². The molecule has 0 unspecified atom stereocenters. The number of halogens is 3. The molecule has 0 spiro atoms. The summed E-state index contributed by atoms with van der Waals surface area (Å²) in [6.45, 7) is 2.18. The van der Waals surface area contributed by atoms with Gasteiger partial charge in [0.05, 0.1) is 41.5 Å². The normalized spacial score (nSPS) is 23.9. The molecule has 2 saturated heterocycles. The molecule has 222 valence electrons. The smallest absolute Gasteiger partial charge is 0.257 e. The van der Waals surface area contributed by atoms with Gasteiger partial charge in [-0.25, -0.2) is 4.39 Å². The van der Waals surface area contributed by atoms with Gasteiger partial charge in [0.2, 0.25) is 5.72 Å². The second kappa shape index (κ2) is 11.7. The van der Waals surface area contributed by atoms with Crippen LogP contribution in [0.15, 0.2) is 48.7 Å². The number of rotatable bonds is 7. The predicted octanol–water partition coefficient (Wildman–Crippen LogP) is 5.27. The Morgan fingerprint density at radius 2 is 1.88 bits per heavy atom. The second-order valence-corrected chi connectivity index (χ2v) is 12.1. The minimum Gasteiger partial charge on any atom is -0.506 e. The Morgan fingerprint density at radius 1 is 1.14 bits per heavy atom. The van der Waals surface area contributed by atoms with E-state index in [9.17, 15) is 15.0 Å². The molecule has 1 aromatic heterocycles. The Balaban J connectivity index is 1.52. The molecule has 0 bridgehead atoms. The number of aliphatic hydroxyl groups is 1. The number of hydrogen-bond donors (Lipinski definition) is 2. The van der Waals surface area contributed by atoms with Crippen molar-refractivity contribution >= 4 is 29.1 Å². The molecule has 11 heteroatoms. The van der Waals surface area contributed by atoms with E-state index in [0.717, 1.165) is 25.9 Å². The number of fused-ring (bicyclic) bond motifs is 1. The van der Waals surface area contributed by atoms with E-state index in [-0.39, 0.29) is 46.7 Å². The number of aromatic hydroxyl groups is 1. The number of ether oxygens (including phenoxy) is 2. The Bertz CT molecular complexity index is 1480. The molecular weight excluding hydrogens is 584 g/mol. The molecular formula is C31H32Cl2FN3O5. The van der Waals surface area contributed by atoms with Crippen LogP contribution in [0.4, 0.5) is 4.39 Å². The number of carbonyl (C=O) groups excluding carboxylic acids is 1. The molecule has 2 fully saturated rings. The first-order valence-corrected chi connectivity index (χ1v) is 14.8. The van der Waals surface area contributed by atoms with E-state index in [0.29, 0.717) is 29.2 Å². The highest BCUT2D eigenvalue weighted by Crippen LogP contribution is 2.50. The van der Waals surface area contributed by atoms with Crippen LogP contribution in [0.2, 0.25) is 10.0 Å². The van der Waals surface area contributed by atoms with Gasteiger partial charge in [-0.15, -0.1) is 0 Å². The number of carbonyl (C=O) groups is 1. The van der Waals surface area contributed by atoms with Crippen LogP contribution in [0.3, 0.4) is 0 Å². The van der Waals surface area contributed by atoms with Gasteiger partial charge in [0.15, 0.2) is 0 Å². The van der Waals surface area contributed by atoms with E-state index in [1.54, 1.807) is 30.3 Å². The Hall–Kier alpha value is -2.79. The zero-order valence-corrected chi connectivity index (χ0v) is 24.6. The summed E-state index contributed by atoms with van der Waals surface area (Å²) in [4.78, 5) is 22.2. The van der Waals surface area contributed by atoms with Crippen molar-refractivity contribution in [2.75, 3.05) is 33.4 Å². The molecule has 6 rings (SSSR count). The second-order valence-electron chi connectivity index (χ2n) is 11.3. The summed E-state index contributed by atoms with van der Waals surface area (Å²) in [7, 11) is 2.03. The van der Waals surface area contributed by atoms with Crippen LogP contribution in [0.1, 0.15) is 58.1 Å². The summed E-state index contributed by atoms with van der Waals surface area (Å²) in [5, 5.41) is 22.7. The van der Waals surface area contributed by atoms with Crippen molar-refractivity contribution in [3.05, 3.63) is 92.5 Å². The highest BCUT2D eigenvalue weighted by Gasteiger charge is 2.56. The zero-order chi connectivity index (χ0) is 29.6. The molecule has 3 aliphatic rings. The van der Waals surface area contributed by atoms with E-state index in [1.807, 2.05) is 7.05 Å². The Labute approximate surface area is 253 Å². The number of pyridine rings is 1. The number of likely N-dealkylation sites (tertiary alicyclic amines) is 1. The first-order valence-electron chi connectivity index (χ1n) is 14.0. The van der Waals surface area contributed by atoms with Crippen molar-refractivity contribution in [3.63, 3.8) is 0 Å². The fourth-order valence-electron chi connectivity index (χ4n) is 6.28. The third kappa shape index (κ3) is 5.27. The molecule has 0 saturated carbocycles. The van der Waals surface area contributed by atoms with Crippen LogP contribution < -0.4 is 0 Å². The highest BCUT2D eigenvalue weighted by atomic mass is 35.5. The molecule has 2 N–H and O–H groups in total. The number of aromatic nitrogens is 1. The summed E-state index contributed by atoms with van der Waals surface area (Å²) >= 11 is 12.3. The lowest BCUT2D eigenvalue weighted by molar-refractivity contribution is -0.148. The van der Waals surface area contributed by atoms with Crippen LogP contribution in [-0.4, -0.2) is 70.4 Å². The molecule has 0 aliphatic carbocycles. The van der Waals surface area contributed by atoms with E-state index >= 15 is 4.39 Å². The van der Waals surface area contributed by atoms with Crippen molar-refractivity contribution < 1.29 is 28.9 Å². The van der Waals surface area contributed by atoms with Gasteiger partial charge in [0.1, 0.15) is 17.3 Å². The van der Waals surface area contributed by atoms with Gasteiger partial charge in [-0.1, -0.05) is 35.3 Å². The van der Waals surface area contributed by atoms with Crippen molar-refractivity contribution in [1.82, 2.24) is 14.8 Å². The average molecular weight is 617 g/mol. The maximum absolute atomic E-state index is 16.6. The summed E-state index contributed by atoms with van der Waals surface area (Å²) in [6.07, 6.45) is 2.06. The first-order chi connectivity index (χ1) is 20.2. The fraction of sp³-hybridized carbons (Fsp3) is 0.419. The maximum Gasteiger partial charge on any atom is 0.257 e. The summed E-state index contributed by atoms with van der Waals surface area (Å²) in [6, 6.07) is 10.9. The van der Waals surface area contributed by atoms with Crippen LogP contribution in [0.25, 0.3) is 0 Å². The summed E-state index contributed by atoms with van der Waals surface area (Å²) in [5.41, 5.74) is -0.630. The quantitative estimate of drug-likeness (QED) is 0.374. The topological polar surface area (TPSA) is 95.4 Å². The standard InChI is InChI=1S/C31H32Cl2FN3O5/c1-36-9-6-18(7-10-36)29(39)19-12-24-28(25(34)13-19)31(42-23-8-11-41-17-23,20-2-4-21(32)5-3-20)37(30(24)40)16-26-27(38)14-22(33)15-35-26/h2-5,12-15,18,23,29,38-39H,6-11,16-17H2,1H3/t23-,29-,31+/m0/s1. The average Bonchev–Trinajstić information content (AvgIpc) is 3.56. The van der Waals surface area contributed by atoms with E-state index in [1.165, 1.54) is 23.2 Å². The minimum atomic E-state index is -1.73. The van der Waals surface area contributed by atoms with Gasteiger partial charge in [-0.2, -0.15) is 0 Å². The molecule has 0 radical (unpaired) electrons. The largest absolute Gasteiger partial charge is 0.506 e. The van der Waals surface area contributed by atoms with Gasteiger partial charge in [0, 0.05) is 29.5 Å². The first kappa shape index (κ1) is 29.3. The van der Waals surface area contributed by atoms with Crippen molar-refractivity contribution in [3.8, 4) is 5.75 Å². The van der Waals surface area contributed by atoms with Crippen molar-refractivity contribution in [2.24, 2.45) is 5.92 Å². The van der Waals surface area contributed by atoms with Crippen LogP contribution >= 0.6 is 23.2 Å². The number of aliphatic hydroxyl groups excluding tert-OH is 1. The maximum atomic E-state index is 16.6. The van der Waals surface area contributed by atoms with E-state index in [4.69, 9.17) is 32.7 Å². The lowest BCUT2D eigenvalue weighted by Gasteiger charge is -2.41. The third-order valence-electron chi connectivity index (χ3n) is 8.54. The number of nitrogens with zero attached hydrogens (tertiary/aromatic N) is 3. The minimum absolute atomic E-state index is 0.0366. The monoisotopic (exact) mass is 615 g/mol. The summed E-state index contributed by atoms with van der Waals surface area (Å²) < 4.78 is 28.9. The third-order valence-corrected chi connectivity index (χ3v) is 9.00. The molecule has 42 heavy (non-hydrogen) atoms. The highest BCUT2D eigenvalue weighted by molar-refractivity contribution is 6.30. The Morgan fingerprint density at radius 3 is 2.55 bits per heavy atom. The number of amides is 1. The van der Waals surface area contributed by atoms with Crippen LogP contribution in [-0.2, 0) is 21.7 Å². The summed E-state index contributed by atoms with van der Waals surface area (Å²) in [5.74, 6) is -1.47. The van der Waals surface area contributed by atoms with Crippen LogP contribution in [0, 0.1) is 11.7 Å². The van der Waals surface area contributed by atoms with Gasteiger partial charge in [-0.05, 0) is 75.1 Å². The molecule has 2 aromatic carbocycles. The SMILES string of the molecule is CN1CCC([C@H](O)c2cc(F)c3c(c2)C(=O)N(Cc2ncc(Cl)cc2O)[C@@]3(O[C@H]2CCOC2)c2ccc(Cl)cc2)CC1. The lowest BCUT2D eigenvalue weighted by Crippen LogP contribution is -2.49. The number of benzene rings is 2. The predicted molar refractivity (Wildman–Crippen MR) is 155 cm³/mol. The number of piperidine rings is 1. The van der Waals surface area contributed by atoms with Gasteiger partial charge >= 0.3 is 0 Å².